The molecule has 1 aliphatic rings. The fraction of sp³-hybridized carbons (Fsp3) is 0.438. The molecule has 1 saturated heterocycles. The van der Waals surface area contributed by atoms with Crippen molar-refractivity contribution < 1.29 is 9.53 Å². The van der Waals surface area contributed by atoms with E-state index in [0.29, 0.717) is 25.3 Å². The number of nitrogens with zero attached hydrogens (tertiary/aromatic N) is 1. The summed E-state index contributed by atoms with van der Waals surface area (Å²) in [5, 5.41) is 0. The Morgan fingerprint density at radius 1 is 1.55 bits per heavy atom. The van der Waals surface area contributed by atoms with Crippen LogP contribution in [0, 0.1) is 18.8 Å². The van der Waals surface area contributed by atoms with Crippen LogP contribution in [0.5, 0.6) is 0 Å². The Morgan fingerprint density at radius 3 is 3.05 bits per heavy atom. The van der Waals surface area contributed by atoms with Crippen molar-refractivity contribution in [3.63, 3.8) is 0 Å². The highest BCUT2D eigenvalue weighted by molar-refractivity contribution is 5.97. The molecule has 4 heteroatoms. The highest BCUT2D eigenvalue weighted by atomic mass is 16.5. The maximum atomic E-state index is 12.7. The van der Waals surface area contributed by atoms with Crippen molar-refractivity contribution in [2.75, 3.05) is 26.2 Å². The van der Waals surface area contributed by atoms with Gasteiger partial charge in [-0.05, 0) is 26.0 Å². The Kier molecular flexibility index (Phi) is 4.78. The summed E-state index contributed by atoms with van der Waals surface area (Å²) in [5.41, 5.74) is 7.85. The lowest BCUT2D eigenvalue weighted by Crippen LogP contribution is -2.44. The quantitative estimate of drug-likeness (QED) is 0.781. The Labute approximate surface area is 119 Å². The molecule has 1 aromatic carbocycles. The zero-order valence-corrected chi connectivity index (χ0v) is 12.0. The van der Waals surface area contributed by atoms with Crippen LogP contribution in [0.15, 0.2) is 18.2 Å². The molecule has 0 spiro atoms. The third kappa shape index (κ3) is 3.38. The molecule has 106 valence electrons. The fourth-order valence-corrected chi connectivity index (χ4v) is 2.26. The van der Waals surface area contributed by atoms with Crippen LogP contribution in [0.1, 0.15) is 28.4 Å². The number of morpholine rings is 1. The molecule has 1 amide bonds. The first-order chi connectivity index (χ1) is 9.61. The van der Waals surface area contributed by atoms with Crippen LogP contribution in [-0.2, 0) is 4.74 Å². The second-order valence-corrected chi connectivity index (χ2v) is 4.99. The van der Waals surface area contributed by atoms with Gasteiger partial charge in [0.2, 0.25) is 0 Å². The third-order valence-electron chi connectivity index (χ3n) is 3.26. The SMILES string of the molecule is Cc1ccc(C#CCN)c(C(=O)N2CCOC(C)C2)c1. The van der Waals surface area contributed by atoms with Gasteiger partial charge in [0.25, 0.3) is 5.91 Å². The second kappa shape index (κ2) is 6.56. The van der Waals surface area contributed by atoms with Gasteiger partial charge in [0.05, 0.1) is 24.8 Å². The number of rotatable bonds is 1. The summed E-state index contributed by atoms with van der Waals surface area (Å²) >= 11 is 0. The molecule has 2 rings (SSSR count). The van der Waals surface area contributed by atoms with E-state index in [-0.39, 0.29) is 18.6 Å². The third-order valence-corrected chi connectivity index (χ3v) is 3.26. The van der Waals surface area contributed by atoms with Crippen molar-refractivity contribution in [2.24, 2.45) is 5.73 Å². The summed E-state index contributed by atoms with van der Waals surface area (Å²) in [6.45, 7) is 6.07. The van der Waals surface area contributed by atoms with Crippen molar-refractivity contribution in [2.45, 2.75) is 20.0 Å². The van der Waals surface area contributed by atoms with Crippen molar-refractivity contribution >= 4 is 5.91 Å². The van der Waals surface area contributed by atoms with E-state index in [2.05, 4.69) is 11.8 Å². The number of carbonyl (C=O) groups is 1. The molecule has 0 aliphatic carbocycles. The number of amides is 1. The molecule has 4 nitrogen and oxygen atoms in total. The minimum absolute atomic E-state index is 0.0187. The van der Waals surface area contributed by atoms with Gasteiger partial charge in [0, 0.05) is 18.7 Å². The van der Waals surface area contributed by atoms with Gasteiger partial charge < -0.3 is 15.4 Å². The summed E-state index contributed by atoms with van der Waals surface area (Å²) < 4.78 is 5.47. The highest BCUT2D eigenvalue weighted by Gasteiger charge is 2.23. The Balaban J connectivity index is 2.30. The Hall–Kier alpha value is -1.83. The first-order valence-corrected chi connectivity index (χ1v) is 6.82. The van der Waals surface area contributed by atoms with E-state index in [0.717, 1.165) is 11.1 Å². The van der Waals surface area contributed by atoms with E-state index in [1.165, 1.54) is 0 Å². The first-order valence-electron chi connectivity index (χ1n) is 6.82. The molecule has 0 saturated carbocycles. The van der Waals surface area contributed by atoms with Crippen LogP contribution in [0.2, 0.25) is 0 Å². The number of aryl methyl sites for hydroxylation is 1. The van der Waals surface area contributed by atoms with Gasteiger partial charge in [-0.15, -0.1) is 0 Å². The van der Waals surface area contributed by atoms with E-state index >= 15 is 0 Å². The standard InChI is InChI=1S/C16H20N2O2/c1-12-5-6-14(4-3-7-17)15(10-12)16(19)18-8-9-20-13(2)11-18/h5-6,10,13H,7-9,11,17H2,1-2H3. The minimum atomic E-state index is 0.0187. The van der Waals surface area contributed by atoms with Crippen LogP contribution < -0.4 is 5.73 Å². The van der Waals surface area contributed by atoms with E-state index in [9.17, 15) is 4.79 Å². The predicted octanol–water partition coefficient (Wildman–Crippen LogP) is 1.17. The van der Waals surface area contributed by atoms with Gasteiger partial charge in [-0.1, -0.05) is 23.5 Å². The summed E-state index contributed by atoms with van der Waals surface area (Å²) in [6, 6.07) is 5.73. The van der Waals surface area contributed by atoms with Crippen molar-refractivity contribution in [1.82, 2.24) is 4.90 Å². The van der Waals surface area contributed by atoms with Crippen LogP contribution in [-0.4, -0.2) is 43.2 Å². The van der Waals surface area contributed by atoms with Crippen LogP contribution in [0.3, 0.4) is 0 Å². The molecule has 1 heterocycles. The topological polar surface area (TPSA) is 55.6 Å². The summed E-state index contributed by atoms with van der Waals surface area (Å²) in [7, 11) is 0. The molecule has 0 radical (unpaired) electrons. The van der Waals surface area contributed by atoms with Crippen molar-refractivity contribution in [1.29, 1.82) is 0 Å². The molecule has 0 bridgehead atoms. The smallest absolute Gasteiger partial charge is 0.255 e. The van der Waals surface area contributed by atoms with Gasteiger partial charge in [-0.2, -0.15) is 0 Å². The molecule has 1 aromatic rings. The Bertz CT molecular complexity index is 557. The number of benzene rings is 1. The maximum Gasteiger partial charge on any atom is 0.255 e. The van der Waals surface area contributed by atoms with E-state index in [1.54, 1.807) is 0 Å². The highest BCUT2D eigenvalue weighted by Crippen LogP contribution is 2.16. The van der Waals surface area contributed by atoms with Crippen LogP contribution >= 0.6 is 0 Å². The average molecular weight is 272 g/mol. The second-order valence-electron chi connectivity index (χ2n) is 4.99. The minimum Gasteiger partial charge on any atom is -0.375 e. The van der Waals surface area contributed by atoms with Crippen LogP contribution in [0.4, 0.5) is 0 Å². The molecular formula is C16H20N2O2. The van der Waals surface area contributed by atoms with Crippen molar-refractivity contribution in [3.8, 4) is 11.8 Å². The zero-order chi connectivity index (χ0) is 14.5. The van der Waals surface area contributed by atoms with Gasteiger partial charge in [0.1, 0.15) is 0 Å². The molecular weight excluding hydrogens is 252 g/mol. The fourth-order valence-electron chi connectivity index (χ4n) is 2.26. The molecule has 20 heavy (non-hydrogen) atoms. The normalized spacial score (nSPS) is 18.4. The number of nitrogens with two attached hydrogens (primary N) is 1. The number of carbonyl (C=O) groups excluding carboxylic acids is 1. The molecule has 1 aliphatic heterocycles. The first kappa shape index (κ1) is 14.6. The van der Waals surface area contributed by atoms with E-state index < -0.39 is 0 Å². The van der Waals surface area contributed by atoms with Gasteiger partial charge >= 0.3 is 0 Å². The molecule has 1 unspecified atom stereocenters. The lowest BCUT2D eigenvalue weighted by molar-refractivity contribution is -0.0124. The van der Waals surface area contributed by atoms with Crippen molar-refractivity contribution in [3.05, 3.63) is 34.9 Å². The number of ether oxygens (including phenoxy) is 1. The largest absolute Gasteiger partial charge is 0.375 e. The Morgan fingerprint density at radius 2 is 2.35 bits per heavy atom. The zero-order valence-electron chi connectivity index (χ0n) is 12.0. The number of hydrogen-bond acceptors (Lipinski definition) is 3. The monoisotopic (exact) mass is 272 g/mol. The average Bonchev–Trinajstić information content (AvgIpc) is 2.45. The van der Waals surface area contributed by atoms with Gasteiger partial charge in [-0.3, -0.25) is 4.79 Å². The van der Waals surface area contributed by atoms with E-state index in [4.69, 9.17) is 10.5 Å². The molecule has 1 atom stereocenters. The molecule has 2 N–H and O–H groups in total. The van der Waals surface area contributed by atoms with Gasteiger partial charge in [0.15, 0.2) is 0 Å². The predicted molar refractivity (Wildman–Crippen MR) is 78.4 cm³/mol. The lowest BCUT2D eigenvalue weighted by Gasteiger charge is -2.31. The van der Waals surface area contributed by atoms with E-state index in [1.807, 2.05) is 36.9 Å². The summed E-state index contributed by atoms with van der Waals surface area (Å²) in [4.78, 5) is 14.5. The summed E-state index contributed by atoms with van der Waals surface area (Å²) in [6.07, 6.45) is 0.0797. The molecule has 0 aromatic heterocycles. The molecule has 1 fully saturated rings. The number of hydrogen-bond donors (Lipinski definition) is 1. The lowest BCUT2D eigenvalue weighted by atomic mass is 10.0. The maximum absolute atomic E-state index is 12.7. The summed E-state index contributed by atoms with van der Waals surface area (Å²) in [5.74, 6) is 5.81. The van der Waals surface area contributed by atoms with Gasteiger partial charge in [-0.25, -0.2) is 0 Å². The van der Waals surface area contributed by atoms with Crippen LogP contribution in [0.25, 0.3) is 0 Å².